The first-order valence-electron chi connectivity index (χ1n) is 8.04. The van der Waals surface area contributed by atoms with Crippen molar-refractivity contribution in [1.29, 1.82) is 0 Å². The van der Waals surface area contributed by atoms with E-state index in [1.54, 1.807) is 13.8 Å². The SMILES string of the molecule is CC(C)N(CCC(=O)O)C(=O)CCNc1ccc(C(F)(F)F)cc1[N+](=O)[O-]. The van der Waals surface area contributed by atoms with E-state index < -0.39 is 28.3 Å². The van der Waals surface area contributed by atoms with Crippen LogP contribution in [0.1, 0.15) is 32.3 Å². The highest BCUT2D eigenvalue weighted by Gasteiger charge is 2.33. The van der Waals surface area contributed by atoms with E-state index >= 15 is 0 Å². The van der Waals surface area contributed by atoms with Crippen LogP contribution in [0.3, 0.4) is 0 Å². The predicted octanol–water partition coefficient (Wildman–Crippen LogP) is 3.13. The summed E-state index contributed by atoms with van der Waals surface area (Å²) in [6.45, 7) is 3.40. The molecule has 0 aliphatic carbocycles. The molecule has 0 aliphatic rings. The zero-order valence-electron chi connectivity index (χ0n) is 14.7. The number of carboxylic acids is 1. The fourth-order valence-corrected chi connectivity index (χ4v) is 2.34. The summed E-state index contributed by atoms with van der Waals surface area (Å²) < 4.78 is 38.0. The fourth-order valence-electron chi connectivity index (χ4n) is 2.34. The van der Waals surface area contributed by atoms with Crippen LogP contribution in [0, 0.1) is 10.1 Å². The second-order valence-corrected chi connectivity index (χ2v) is 5.99. The van der Waals surface area contributed by atoms with Gasteiger partial charge in [0.05, 0.1) is 16.9 Å². The van der Waals surface area contributed by atoms with Crippen LogP contribution in [0.5, 0.6) is 0 Å². The molecule has 1 aromatic carbocycles. The first-order chi connectivity index (χ1) is 12.4. The summed E-state index contributed by atoms with van der Waals surface area (Å²) in [5.74, 6) is -1.42. The van der Waals surface area contributed by atoms with Crippen LogP contribution >= 0.6 is 0 Å². The fraction of sp³-hybridized carbons (Fsp3) is 0.500. The molecule has 150 valence electrons. The number of nitro benzene ring substituents is 1. The average molecular weight is 391 g/mol. The molecule has 0 aliphatic heterocycles. The highest BCUT2D eigenvalue weighted by molar-refractivity contribution is 5.78. The molecule has 2 N–H and O–H groups in total. The van der Waals surface area contributed by atoms with Gasteiger partial charge in [0.1, 0.15) is 5.69 Å². The van der Waals surface area contributed by atoms with Crippen LogP contribution in [0.2, 0.25) is 0 Å². The van der Waals surface area contributed by atoms with Gasteiger partial charge in [-0.05, 0) is 26.0 Å². The van der Waals surface area contributed by atoms with E-state index in [1.807, 2.05) is 0 Å². The van der Waals surface area contributed by atoms with Gasteiger partial charge in [-0.1, -0.05) is 0 Å². The Labute approximate surface area is 153 Å². The number of nitrogens with zero attached hydrogens (tertiary/aromatic N) is 2. The standard InChI is InChI=1S/C16H20F3N3O5/c1-10(2)21(8-6-15(24)25)14(23)5-7-20-12-4-3-11(16(17,18)19)9-13(12)22(26)27/h3-4,9-10,20H,5-8H2,1-2H3,(H,24,25). The lowest BCUT2D eigenvalue weighted by atomic mass is 10.1. The number of nitro groups is 1. The van der Waals surface area contributed by atoms with Gasteiger partial charge in [-0.3, -0.25) is 19.7 Å². The summed E-state index contributed by atoms with van der Waals surface area (Å²) in [6.07, 6.45) is -5.03. The first kappa shape index (κ1) is 22.2. The number of aliphatic carboxylic acids is 1. The molecule has 0 unspecified atom stereocenters. The molecule has 1 aromatic rings. The minimum atomic E-state index is -4.71. The van der Waals surface area contributed by atoms with E-state index in [2.05, 4.69) is 5.32 Å². The van der Waals surface area contributed by atoms with Gasteiger partial charge >= 0.3 is 12.1 Å². The minimum Gasteiger partial charge on any atom is -0.481 e. The molecule has 1 rings (SSSR count). The molecule has 8 nitrogen and oxygen atoms in total. The first-order valence-corrected chi connectivity index (χ1v) is 8.04. The van der Waals surface area contributed by atoms with Gasteiger partial charge in [0, 0.05) is 31.6 Å². The van der Waals surface area contributed by atoms with Crippen LogP contribution in [-0.2, 0) is 15.8 Å². The number of carbonyl (C=O) groups excluding carboxylic acids is 1. The maximum Gasteiger partial charge on any atom is 0.416 e. The Morgan fingerprint density at radius 1 is 1.30 bits per heavy atom. The number of nitrogens with one attached hydrogen (secondary N) is 1. The number of carbonyl (C=O) groups is 2. The van der Waals surface area contributed by atoms with Crippen molar-refractivity contribution < 1.29 is 32.8 Å². The van der Waals surface area contributed by atoms with E-state index in [0.717, 1.165) is 6.07 Å². The van der Waals surface area contributed by atoms with Crippen molar-refractivity contribution in [3.05, 3.63) is 33.9 Å². The Morgan fingerprint density at radius 2 is 1.93 bits per heavy atom. The molecule has 0 fully saturated rings. The van der Waals surface area contributed by atoms with Gasteiger partial charge < -0.3 is 15.3 Å². The largest absolute Gasteiger partial charge is 0.481 e. The van der Waals surface area contributed by atoms with Crippen molar-refractivity contribution in [2.24, 2.45) is 0 Å². The van der Waals surface area contributed by atoms with Crippen molar-refractivity contribution in [3.8, 4) is 0 Å². The molecule has 11 heteroatoms. The van der Waals surface area contributed by atoms with Crippen LogP contribution in [0.25, 0.3) is 0 Å². The van der Waals surface area contributed by atoms with E-state index in [4.69, 9.17) is 5.11 Å². The Kier molecular flexibility index (Phi) is 7.56. The van der Waals surface area contributed by atoms with Crippen LogP contribution in [0.15, 0.2) is 18.2 Å². The number of carboxylic acid groups (broad SMARTS) is 1. The van der Waals surface area contributed by atoms with Gasteiger partial charge in [0.25, 0.3) is 5.69 Å². The van der Waals surface area contributed by atoms with Crippen molar-refractivity contribution >= 4 is 23.3 Å². The molecule has 0 saturated carbocycles. The summed E-state index contributed by atoms with van der Waals surface area (Å²) in [5.41, 5.74) is -2.03. The molecule has 0 spiro atoms. The molecular formula is C16H20F3N3O5. The highest BCUT2D eigenvalue weighted by atomic mass is 19.4. The lowest BCUT2D eigenvalue weighted by Crippen LogP contribution is -2.39. The zero-order chi connectivity index (χ0) is 20.8. The zero-order valence-corrected chi connectivity index (χ0v) is 14.7. The summed E-state index contributed by atoms with van der Waals surface area (Å²) in [7, 11) is 0. The van der Waals surface area contributed by atoms with Crippen molar-refractivity contribution in [2.45, 2.75) is 38.9 Å². The molecule has 0 aromatic heterocycles. The minimum absolute atomic E-state index is 0.0201. The number of hydrogen-bond acceptors (Lipinski definition) is 5. The van der Waals surface area contributed by atoms with Crippen molar-refractivity contribution in [1.82, 2.24) is 4.90 Å². The second-order valence-electron chi connectivity index (χ2n) is 5.99. The van der Waals surface area contributed by atoms with Crippen molar-refractivity contribution in [2.75, 3.05) is 18.4 Å². The van der Waals surface area contributed by atoms with Gasteiger partial charge in [-0.2, -0.15) is 13.2 Å². The summed E-state index contributed by atoms with van der Waals surface area (Å²) in [6, 6.07) is 1.84. The molecule has 27 heavy (non-hydrogen) atoms. The number of alkyl halides is 3. The number of halogens is 3. The third-order valence-corrected chi connectivity index (χ3v) is 3.69. The lowest BCUT2D eigenvalue weighted by molar-refractivity contribution is -0.384. The molecular weight excluding hydrogens is 371 g/mol. The lowest BCUT2D eigenvalue weighted by Gasteiger charge is -2.26. The number of benzene rings is 1. The van der Waals surface area contributed by atoms with E-state index in [9.17, 15) is 32.9 Å². The van der Waals surface area contributed by atoms with Gasteiger partial charge in [-0.15, -0.1) is 0 Å². The topological polar surface area (TPSA) is 113 Å². The third-order valence-electron chi connectivity index (χ3n) is 3.69. The molecule has 0 heterocycles. The van der Waals surface area contributed by atoms with Crippen molar-refractivity contribution in [3.63, 3.8) is 0 Å². The summed E-state index contributed by atoms with van der Waals surface area (Å²) in [5, 5.41) is 22.3. The van der Waals surface area contributed by atoms with E-state index in [-0.39, 0.29) is 43.6 Å². The van der Waals surface area contributed by atoms with Crippen LogP contribution < -0.4 is 5.32 Å². The Bertz CT molecular complexity index is 707. The van der Waals surface area contributed by atoms with Crippen LogP contribution in [0.4, 0.5) is 24.5 Å². The smallest absolute Gasteiger partial charge is 0.416 e. The highest BCUT2D eigenvalue weighted by Crippen LogP contribution is 2.34. The predicted molar refractivity (Wildman–Crippen MR) is 90.3 cm³/mol. The normalized spacial score (nSPS) is 11.3. The Balaban J connectivity index is 2.78. The third kappa shape index (κ3) is 6.76. The van der Waals surface area contributed by atoms with Gasteiger partial charge in [0.15, 0.2) is 0 Å². The molecule has 0 radical (unpaired) electrons. The molecule has 0 atom stereocenters. The molecule has 0 saturated heterocycles. The van der Waals surface area contributed by atoms with Crippen LogP contribution in [-0.4, -0.2) is 45.9 Å². The maximum absolute atomic E-state index is 12.7. The number of anilines is 1. The van der Waals surface area contributed by atoms with E-state index in [0.29, 0.717) is 12.1 Å². The van der Waals surface area contributed by atoms with Gasteiger partial charge in [0.2, 0.25) is 5.91 Å². The summed E-state index contributed by atoms with van der Waals surface area (Å²) >= 11 is 0. The Hall–Kier alpha value is -2.85. The Morgan fingerprint density at radius 3 is 2.41 bits per heavy atom. The number of amides is 1. The average Bonchev–Trinajstić information content (AvgIpc) is 2.53. The maximum atomic E-state index is 12.7. The molecule has 0 bridgehead atoms. The monoisotopic (exact) mass is 391 g/mol. The second kappa shape index (κ2) is 9.19. The van der Waals surface area contributed by atoms with E-state index in [1.165, 1.54) is 4.90 Å². The number of hydrogen-bond donors (Lipinski definition) is 2. The number of rotatable bonds is 9. The quantitative estimate of drug-likeness (QED) is 0.494. The summed E-state index contributed by atoms with van der Waals surface area (Å²) in [4.78, 5) is 34.3. The van der Waals surface area contributed by atoms with Gasteiger partial charge in [-0.25, -0.2) is 0 Å². The molecule has 1 amide bonds.